The fourth-order valence-electron chi connectivity index (χ4n) is 5.35. The second-order valence-electron chi connectivity index (χ2n) is 12.2. The summed E-state index contributed by atoms with van der Waals surface area (Å²) in [6.45, 7) is 14.6. The van der Waals surface area contributed by atoms with Crippen molar-refractivity contribution >= 4 is 30.8 Å². The number of aromatic nitrogens is 1. The molecule has 1 amide bonds. The third kappa shape index (κ3) is 6.59. The Bertz CT molecular complexity index is 1520. The highest BCUT2D eigenvalue weighted by Gasteiger charge is 2.24. The van der Waals surface area contributed by atoms with Gasteiger partial charge in [0.2, 0.25) is 5.91 Å². The molecule has 2 aliphatic heterocycles. The highest BCUT2D eigenvalue weighted by molar-refractivity contribution is 6.89. The first-order valence-electron chi connectivity index (χ1n) is 14.0. The van der Waals surface area contributed by atoms with E-state index in [2.05, 4.69) is 76.8 Å². The third-order valence-corrected chi connectivity index (χ3v) is 9.89. The maximum atomic E-state index is 13.4. The van der Waals surface area contributed by atoms with Crippen molar-refractivity contribution in [3.8, 4) is 11.8 Å². The first-order valence-corrected chi connectivity index (χ1v) is 17.5. The molecule has 0 radical (unpaired) electrons. The molecule has 3 aromatic rings. The normalized spacial score (nSPS) is 15.8. The Balaban J connectivity index is 1.33. The number of carbonyl (C=O) groups is 2. The van der Waals surface area contributed by atoms with Gasteiger partial charge in [-0.25, -0.2) is 4.98 Å². The van der Waals surface area contributed by atoms with Gasteiger partial charge in [-0.05, 0) is 42.8 Å². The van der Waals surface area contributed by atoms with Gasteiger partial charge in [-0.1, -0.05) is 67.0 Å². The molecule has 5 rings (SSSR count). The van der Waals surface area contributed by atoms with E-state index in [-0.39, 0.29) is 11.7 Å². The van der Waals surface area contributed by atoms with E-state index in [1.54, 1.807) is 6.20 Å². The van der Waals surface area contributed by atoms with Crippen LogP contribution in [0.25, 0.3) is 0 Å². The summed E-state index contributed by atoms with van der Waals surface area (Å²) in [7, 11) is 0.587. The molecule has 2 aliphatic rings. The molecule has 40 heavy (non-hydrogen) atoms. The largest absolute Gasteiger partial charge is 0.310 e. The van der Waals surface area contributed by atoms with Crippen LogP contribution in [-0.2, 0) is 24.2 Å². The van der Waals surface area contributed by atoms with Crippen LogP contribution in [-0.4, -0.2) is 67.8 Å². The van der Waals surface area contributed by atoms with E-state index >= 15 is 0 Å². The number of fused-ring (bicyclic) bond motifs is 1. The van der Waals surface area contributed by atoms with Crippen molar-refractivity contribution in [2.75, 3.05) is 38.5 Å². The molecule has 1 saturated heterocycles. The zero-order chi connectivity index (χ0) is 28.4. The molecule has 2 aromatic carbocycles. The standard InChI is InChI=1S/C33H38N4O2Si/c1-23-6-9-27(19-26(23)10-8-25-16-29-20-32(39)35-33(29)34-21-25)30(38)17-24-7-11-28(31(18-24)40(3,4)5)22-37-14-12-36(2)13-15-37/h6-7,9,11,16,18-19,21H,12-15,17,20,22H2,1-5H3,(H,34,35,39). The lowest BCUT2D eigenvalue weighted by molar-refractivity contribution is -0.115. The lowest BCUT2D eigenvalue weighted by Crippen LogP contribution is -2.46. The SMILES string of the molecule is Cc1ccc(C(=O)Cc2ccc(CN3CCN(C)CC3)c([Si](C)(C)C)c2)cc1C#Cc1cnc2c(c1)CC(=O)N2. The van der Waals surface area contributed by atoms with Crippen LogP contribution in [0.3, 0.4) is 0 Å². The number of likely N-dealkylation sites (N-methyl/N-ethyl adjacent to an activating group) is 1. The van der Waals surface area contributed by atoms with E-state index < -0.39 is 8.07 Å². The van der Waals surface area contributed by atoms with Crippen molar-refractivity contribution in [2.24, 2.45) is 0 Å². The summed E-state index contributed by atoms with van der Waals surface area (Å²) in [5.41, 5.74) is 6.62. The van der Waals surface area contributed by atoms with Gasteiger partial charge in [0.25, 0.3) is 0 Å². The summed E-state index contributed by atoms with van der Waals surface area (Å²) < 4.78 is 0. The predicted octanol–water partition coefficient (Wildman–Crippen LogP) is 4.00. The number of nitrogens with zero attached hydrogens (tertiary/aromatic N) is 3. The van der Waals surface area contributed by atoms with Crippen LogP contribution in [0.4, 0.5) is 5.82 Å². The van der Waals surface area contributed by atoms with Crippen LogP contribution in [0.2, 0.25) is 19.6 Å². The van der Waals surface area contributed by atoms with E-state index in [4.69, 9.17) is 0 Å². The van der Waals surface area contributed by atoms with E-state index in [9.17, 15) is 9.59 Å². The summed E-state index contributed by atoms with van der Waals surface area (Å²) in [6.07, 6.45) is 2.38. The average Bonchev–Trinajstić information content (AvgIpc) is 3.29. The van der Waals surface area contributed by atoms with E-state index in [0.717, 1.165) is 60.5 Å². The van der Waals surface area contributed by atoms with E-state index in [0.29, 0.717) is 24.2 Å². The number of pyridine rings is 1. The van der Waals surface area contributed by atoms with Gasteiger partial charge in [0.15, 0.2) is 5.78 Å². The summed E-state index contributed by atoms with van der Waals surface area (Å²) in [5.74, 6) is 7.05. The summed E-state index contributed by atoms with van der Waals surface area (Å²) in [4.78, 5) is 34.3. The number of nitrogens with one attached hydrogen (secondary N) is 1. The number of anilines is 1. The molecule has 1 fully saturated rings. The van der Waals surface area contributed by atoms with E-state index in [1.165, 1.54) is 10.8 Å². The van der Waals surface area contributed by atoms with Crippen molar-refractivity contribution in [1.29, 1.82) is 0 Å². The Hall–Kier alpha value is -3.57. The maximum Gasteiger partial charge on any atom is 0.230 e. The Morgan fingerprint density at radius 2 is 1.80 bits per heavy atom. The fourth-order valence-corrected chi connectivity index (χ4v) is 7.09. The molecular formula is C33H38N4O2Si. The number of piperazine rings is 1. The minimum atomic E-state index is -1.60. The molecule has 0 aliphatic carbocycles. The number of benzene rings is 2. The van der Waals surface area contributed by atoms with Gasteiger partial charge in [-0.15, -0.1) is 0 Å². The second kappa shape index (κ2) is 11.5. The Morgan fingerprint density at radius 3 is 2.55 bits per heavy atom. The molecular weight excluding hydrogens is 512 g/mol. The number of rotatable bonds is 6. The minimum absolute atomic E-state index is 0.0451. The minimum Gasteiger partial charge on any atom is -0.310 e. The summed E-state index contributed by atoms with van der Waals surface area (Å²) in [5, 5.41) is 4.20. The lowest BCUT2D eigenvalue weighted by atomic mass is 9.98. The van der Waals surface area contributed by atoms with Gasteiger partial charge in [0, 0.05) is 67.6 Å². The third-order valence-electron chi connectivity index (χ3n) is 7.81. The number of aryl methyl sites for hydroxylation is 1. The highest BCUT2D eigenvalue weighted by atomic mass is 28.3. The van der Waals surface area contributed by atoms with Crippen LogP contribution in [0.5, 0.6) is 0 Å². The number of amides is 1. The average molecular weight is 551 g/mol. The quantitative estimate of drug-likeness (QED) is 0.286. The van der Waals surface area contributed by atoms with Crippen molar-refractivity contribution in [3.05, 3.63) is 87.6 Å². The number of Topliss-reactive ketones (excluding diaryl/α,β-unsaturated/α-hetero) is 1. The van der Waals surface area contributed by atoms with Crippen LogP contribution in [0.15, 0.2) is 48.7 Å². The van der Waals surface area contributed by atoms with Crippen LogP contribution in [0, 0.1) is 18.8 Å². The zero-order valence-electron chi connectivity index (χ0n) is 24.2. The fraction of sp³-hybridized carbons (Fsp3) is 0.364. The molecule has 3 heterocycles. The van der Waals surface area contributed by atoms with Gasteiger partial charge in [0.1, 0.15) is 5.82 Å². The molecule has 0 unspecified atom stereocenters. The van der Waals surface area contributed by atoms with Gasteiger partial charge >= 0.3 is 0 Å². The second-order valence-corrected chi connectivity index (χ2v) is 17.2. The Labute approximate surface area is 238 Å². The molecule has 6 nitrogen and oxygen atoms in total. The molecule has 0 atom stereocenters. The summed E-state index contributed by atoms with van der Waals surface area (Å²) >= 11 is 0. The van der Waals surface area contributed by atoms with Crippen molar-refractivity contribution in [1.82, 2.24) is 14.8 Å². The monoisotopic (exact) mass is 550 g/mol. The van der Waals surface area contributed by atoms with Gasteiger partial charge < -0.3 is 10.2 Å². The molecule has 206 valence electrons. The van der Waals surface area contributed by atoms with Crippen LogP contribution >= 0.6 is 0 Å². The number of hydrogen-bond donors (Lipinski definition) is 1. The van der Waals surface area contributed by atoms with E-state index in [1.807, 2.05) is 31.2 Å². The first kappa shape index (κ1) is 28.0. The highest BCUT2D eigenvalue weighted by Crippen LogP contribution is 2.21. The predicted molar refractivity (Wildman–Crippen MR) is 164 cm³/mol. The van der Waals surface area contributed by atoms with Crippen molar-refractivity contribution < 1.29 is 9.59 Å². The number of ketones is 1. The topological polar surface area (TPSA) is 65.5 Å². The first-order chi connectivity index (χ1) is 19.0. The van der Waals surface area contributed by atoms with Crippen LogP contribution in [0.1, 0.15) is 43.7 Å². The summed E-state index contributed by atoms with van der Waals surface area (Å²) in [6, 6.07) is 14.4. The molecule has 7 heteroatoms. The molecule has 0 spiro atoms. The molecule has 0 bridgehead atoms. The Morgan fingerprint density at radius 1 is 1.02 bits per heavy atom. The van der Waals surface area contributed by atoms with Gasteiger partial charge in [0.05, 0.1) is 14.5 Å². The lowest BCUT2D eigenvalue weighted by Gasteiger charge is -2.33. The molecule has 0 saturated carbocycles. The maximum absolute atomic E-state index is 13.4. The van der Waals surface area contributed by atoms with Crippen molar-refractivity contribution in [2.45, 2.75) is 46.0 Å². The zero-order valence-corrected chi connectivity index (χ0v) is 25.2. The van der Waals surface area contributed by atoms with Gasteiger partial charge in [-0.2, -0.15) is 0 Å². The number of carbonyl (C=O) groups excluding carboxylic acids is 2. The number of hydrogen-bond acceptors (Lipinski definition) is 5. The molecule has 1 N–H and O–H groups in total. The van der Waals surface area contributed by atoms with Crippen molar-refractivity contribution in [3.63, 3.8) is 0 Å². The smallest absolute Gasteiger partial charge is 0.230 e. The molecule has 1 aromatic heterocycles. The van der Waals surface area contributed by atoms with Gasteiger partial charge in [-0.3, -0.25) is 14.5 Å². The van der Waals surface area contributed by atoms with Crippen LogP contribution < -0.4 is 10.5 Å². The Kier molecular flexibility index (Phi) is 8.04.